The average Bonchev–Trinajstić information content (AvgIpc) is 3.08. The van der Waals surface area contributed by atoms with Gasteiger partial charge in [0.1, 0.15) is 0 Å². The molecule has 140 valence electrons. The van der Waals surface area contributed by atoms with Crippen LogP contribution >= 0.6 is 0 Å². The molecular formula is C21H24N4O2. The minimum Gasteiger partial charge on any atom is -0.339 e. The number of hydrogen-bond donors (Lipinski definition) is 1. The van der Waals surface area contributed by atoms with Gasteiger partial charge in [0.25, 0.3) is 11.6 Å². The molecule has 0 saturated carbocycles. The van der Waals surface area contributed by atoms with E-state index in [0.29, 0.717) is 22.4 Å². The largest absolute Gasteiger partial charge is 0.339 e. The van der Waals surface area contributed by atoms with Crippen LogP contribution in [0.5, 0.6) is 0 Å². The monoisotopic (exact) mass is 364 g/mol. The summed E-state index contributed by atoms with van der Waals surface area (Å²) in [7, 11) is 1.89. The van der Waals surface area contributed by atoms with Crippen molar-refractivity contribution in [2.75, 3.05) is 20.1 Å². The summed E-state index contributed by atoms with van der Waals surface area (Å²) in [5.74, 6) is -0.00559. The zero-order valence-electron chi connectivity index (χ0n) is 16.0. The maximum Gasteiger partial charge on any atom is 0.259 e. The highest BCUT2D eigenvalue weighted by molar-refractivity contribution is 6.07. The summed E-state index contributed by atoms with van der Waals surface area (Å²) in [6, 6.07) is 10.2. The predicted molar refractivity (Wildman–Crippen MR) is 105 cm³/mol. The van der Waals surface area contributed by atoms with Crippen LogP contribution in [0.2, 0.25) is 0 Å². The van der Waals surface area contributed by atoms with Gasteiger partial charge in [0, 0.05) is 18.7 Å². The molecule has 27 heavy (non-hydrogen) atoms. The van der Waals surface area contributed by atoms with E-state index in [1.165, 1.54) is 5.56 Å². The number of benzene rings is 1. The molecule has 0 radical (unpaired) electrons. The van der Waals surface area contributed by atoms with Gasteiger partial charge in [0.2, 0.25) is 0 Å². The van der Waals surface area contributed by atoms with Crippen LogP contribution in [-0.4, -0.2) is 47.1 Å². The number of amides is 1. The lowest BCUT2D eigenvalue weighted by atomic mass is 10.0. The zero-order valence-corrected chi connectivity index (χ0v) is 16.0. The van der Waals surface area contributed by atoms with Crippen molar-refractivity contribution in [3.63, 3.8) is 0 Å². The Balaban J connectivity index is 1.79. The van der Waals surface area contributed by atoms with E-state index in [0.717, 1.165) is 37.2 Å². The first-order chi connectivity index (χ1) is 13.0. The molecule has 0 spiro atoms. The fraction of sp³-hybridized carbons (Fsp3) is 0.381. The highest BCUT2D eigenvalue weighted by atomic mass is 16.5. The fourth-order valence-electron chi connectivity index (χ4n) is 3.69. The number of nitrogens with zero attached hydrogens (tertiary/aromatic N) is 3. The van der Waals surface area contributed by atoms with Crippen molar-refractivity contribution < 1.29 is 9.32 Å². The number of aryl methyl sites for hydroxylation is 2. The van der Waals surface area contributed by atoms with Crippen molar-refractivity contribution in [3.8, 4) is 11.3 Å². The molecule has 3 aromatic rings. The summed E-state index contributed by atoms with van der Waals surface area (Å²) >= 11 is 0. The smallest absolute Gasteiger partial charge is 0.259 e. The maximum absolute atomic E-state index is 13.4. The third kappa shape index (κ3) is 3.32. The Morgan fingerprint density at radius 2 is 1.89 bits per heavy atom. The van der Waals surface area contributed by atoms with Gasteiger partial charge in [-0.3, -0.25) is 4.79 Å². The Morgan fingerprint density at radius 3 is 2.59 bits per heavy atom. The summed E-state index contributed by atoms with van der Waals surface area (Å²) in [6.45, 7) is 5.77. The van der Waals surface area contributed by atoms with Crippen LogP contribution in [0.3, 0.4) is 0 Å². The van der Waals surface area contributed by atoms with Gasteiger partial charge in [0.05, 0.1) is 22.3 Å². The van der Waals surface area contributed by atoms with Gasteiger partial charge in [-0.05, 0) is 45.8 Å². The summed E-state index contributed by atoms with van der Waals surface area (Å²) in [6.07, 6.45) is 1.92. The second kappa shape index (κ2) is 7.12. The molecule has 2 aromatic heterocycles. The molecule has 1 N–H and O–H groups in total. The predicted octanol–water partition coefficient (Wildman–Crippen LogP) is 3.33. The highest BCUT2D eigenvalue weighted by Gasteiger charge is 2.26. The first-order valence-corrected chi connectivity index (χ1v) is 9.36. The quantitative estimate of drug-likeness (QED) is 0.772. The Bertz CT molecular complexity index is 972. The minimum absolute atomic E-state index is 0.00559. The van der Waals surface area contributed by atoms with Crippen LogP contribution in [0.15, 0.2) is 34.9 Å². The van der Waals surface area contributed by atoms with Gasteiger partial charge in [-0.25, -0.2) is 4.98 Å². The molecule has 6 nitrogen and oxygen atoms in total. The Morgan fingerprint density at radius 1 is 1.19 bits per heavy atom. The second-order valence-electron chi connectivity index (χ2n) is 7.27. The van der Waals surface area contributed by atoms with Gasteiger partial charge >= 0.3 is 0 Å². The Kier molecular flexibility index (Phi) is 4.66. The molecule has 0 bridgehead atoms. The number of nitrogens with one attached hydrogen (secondary N) is 1. The van der Waals surface area contributed by atoms with Gasteiger partial charge in [0.15, 0.2) is 0 Å². The number of fused-ring (bicyclic) bond motifs is 1. The molecule has 4 rings (SSSR count). The lowest BCUT2D eigenvalue weighted by Crippen LogP contribution is -2.44. The van der Waals surface area contributed by atoms with Crippen molar-refractivity contribution in [1.29, 1.82) is 0 Å². The van der Waals surface area contributed by atoms with Crippen molar-refractivity contribution >= 4 is 17.0 Å². The molecule has 3 heterocycles. The van der Waals surface area contributed by atoms with Gasteiger partial charge in [-0.2, -0.15) is 0 Å². The number of piperidine rings is 1. The van der Waals surface area contributed by atoms with Crippen molar-refractivity contribution in [3.05, 3.63) is 47.2 Å². The van der Waals surface area contributed by atoms with E-state index < -0.39 is 0 Å². The summed E-state index contributed by atoms with van der Waals surface area (Å²) in [5, 5.41) is 8.09. The third-order valence-corrected chi connectivity index (χ3v) is 5.37. The van der Waals surface area contributed by atoms with Crippen LogP contribution in [0.1, 0.15) is 34.5 Å². The standard InChI is InChI=1S/C21H24N4O2/c1-13-4-6-15(7-5-13)18-12-17(19-14(2)24-27-20(19)23-18)21(26)25(3)16-8-10-22-11-9-16/h4-7,12,16,22H,8-11H2,1-3H3. The number of aromatic nitrogens is 2. The van der Waals surface area contributed by atoms with E-state index in [9.17, 15) is 4.79 Å². The van der Waals surface area contributed by atoms with Crippen LogP contribution in [0.25, 0.3) is 22.4 Å². The zero-order chi connectivity index (χ0) is 19.0. The average molecular weight is 364 g/mol. The van der Waals surface area contributed by atoms with E-state index >= 15 is 0 Å². The lowest BCUT2D eigenvalue weighted by molar-refractivity contribution is 0.0705. The molecule has 0 aliphatic carbocycles. The maximum atomic E-state index is 13.4. The molecule has 0 atom stereocenters. The van der Waals surface area contributed by atoms with Crippen molar-refractivity contribution in [2.24, 2.45) is 0 Å². The molecule has 1 aliphatic heterocycles. The molecule has 6 heteroatoms. The number of carbonyl (C=O) groups is 1. The fourth-order valence-corrected chi connectivity index (χ4v) is 3.69. The summed E-state index contributed by atoms with van der Waals surface area (Å²) in [4.78, 5) is 19.8. The SMILES string of the molecule is Cc1ccc(-c2cc(C(=O)N(C)C3CCNCC3)c3c(C)noc3n2)cc1. The second-order valence-corrected chi connectivity index (χ2v) is 7.27. The Labute approximate surface area is 158 Å². The third-order valence-electron chi connectivity index (χ3n) is 5.37. The molecule has 1 fully saturated rings. The van der Waals surface area contributed by atoms with Gasteiger partial charge in [-0.1, -0.05) is 35.0 Å². The van der Waals surface area contributed by atoms with E-state index in [1.807, 2.05) is 56.1 Å². The normalized spacial score (nSPS) is 15.2. The van der Waals surface area contributed by atoms with E-state index in [-0.39, 0.29) is 11.9 Å². The van der Waals surface area contributed by atoms with E-state index in [2.05, 4.69) is 15.5 Å². The van der Waals surface area contributed by atoms with Crippen LogP contribution in [0.4, 0.5) is 0 Å². The van der Waals surface area contributed by atoms with Crippen LogP contribution in [0, 0.1) is 13.8 Å². The molecular weight excluding hydrogens is 340 g/mol. The topological polar surface area (TPSA) is 71.3 Å². The number of rotatable bonds is 3. The number of carbonyl (C=O) groups excluding carboxylic acids is 1. The van der Waals surface area contributed by atoms with E-state index in [4.69, 9.17) is 4.52 Å². The minimum atomic E-state index is -0.00559. The van der Waals surface area contributed by atoms with Gasteiger partial charge < -0.3 is 14.7 Å². The summed E-state index contributed by atoms with van der Waals surface area (Å²) in [5.41, 5.74) is 4.56. The molecule has 1 aromatic carbocycles. The number of hydrogen-bond acceptors (Lipinski definition) is 5. The Hall–Kier alpha value is -2.73. The molecule has 0 unspecified atom stereocenters. The van der Waals surface area contributed by atoms with Gasteiger partial charge in [-0.15, -0.1) is 0 Å². The highest BCUT2D eigenvalue weighted by Crippen LogP contribution is 2.28. The first kappa shape index (κ1) is 17.7. The van der Waals surface area contributed by atoms with E-state index in [1.54, 1.807) is 0 Å². The van der Waals surface area contributed by atoms with Crippen molar-refractivity contribution in [1.82, 2.24) is 20.4 Å². The lowest BCUT2D eigenvalue weighted by Gasteiger charge is -2.31. The molecule has 1 aliphatic rings. The first-order valence-electron chi connectivity index (χ1n) is 9.36. The molecule has 1 amide bonds. The number of pyridine rings is 1. The van der Waals surface area contributed by atoms with Crippen LogP contribution in [-0.2, 0) is 0 Å². The van der Waals surface area contributed by atoms with Crippen molar-refractivity contribution in [2.45, 2.75) is 32.7 Å². The summed E-state index contributed by atoms with van der Waals surface area (Å²) < 4.78 is 5.41. The molecule has 1 saturated heterocycles. The van der Waals surface area contributed by atoms with Crippen LogP contribution < -0.4 is 5.32 Å².